The van der Waals surface area contributed by atoms with Gasteiger partial charge in [-0.05, 0) is 32.1 Å². The zero-order valence-corrected chi connectivity index (χ0v) is 32.4. The Morgan fingerprint density at radius 3 is 1.04 bits per heavy atom. The fourth-order valence-electron chi connectivity index (χ4n) is 7.39. The van der Waals surface area contributed by atoms with Gasteiger partial charge in [0.15, 0.2) is 0 Å². The van der Waals surface area contributed by atoms with Crippen LogP contribution in [0.25, 0.3) is 0 Å². The van der Waals surface area contributed by atoms with Crippen molar-refractivity contribution in [2.24, 2.45) is 0 Å². The van der Waals surface area contributed by atoms with Crippen LogP contribution in [0.5, 0.6) is 0 Å². The van der Waals surface area contributed by atoms with E-state index in [1.165, 1.54) is 244 Å². The summed E-state index contributed by atoms with van der Waals surface area (Å²) in [6.07, 6.45) is 56.4. The Kier molecular flexibility index (Phi) is 33.4. The lowest BCUT2D eigenvalue weighted by Gasteiger charge is -2.07. The maximum Gasteiger partial charge on any atom is 0.256 e. The molecule has 1 rings (SSSR count). The molecule has 1 heterocycles. The van der Waals surface area contributed by atoms with Crippen LogP contribution in [-0.2, 0) is 19.5 Å². The van der Waals surface area contributed by atoms with Gasteiger partial charge in [0.25, 0.3) is 5.82 Å². The Bertz CT molecular complexity index is 657. The van der Waals surface area contributed by atoms with Crippen molar-refractivity contribution >= 4 is 0 Å². The molecule has 0 spiro atoms. The van der Waals surface area contributed by atoms with E-state index in [0.29, 0.717) is 0 Å². The topological polar surface area (TPSA) is 8.81 Å². The van der Waals surface area contributed by atoms with Crippen molar-refractivity contribution in [3.8, 4) is 0 Å². The summed E-state index contributed by atoms with van der Waals surface area (Å²) in [6, 6.07) is 0. The number of nitrogens with zero attached hydrogens (tertiary/aromatic N) is 2. The normalized spacial score (nSPS) is 11.6. The molecule has 1 aromatic rings. The van der Waals surface area contributed by atoms with Gasteiger partial charge < -0.3 is 0 Å². The summed E-state index contributed by atoms with van der Waals surface area (Å²) in [6.45, 7) is 9.41. The zero-order valence-electron chi connectivity index (χ0n) is 32.4. The smallest absolute Gasteiger partial charge is 0.234 e. The maximum atomic E-state index is 2.64. The summed E-state index contributed by atoms with van der Waals surface area (Å²) in [4.78, 5) is 0. The van der Waals surface area contributed by atoms with Gasteiger partial charge in [0, 0.05) is 6.42 Å². The Morgan fingerprint density at radius 2 is 0.674 bits per heavy atom. The van der Waals surface area contributed by atoms with E-state index in [4.69, 9.17) is 0 Å². The fourth-order valence-corrected chi connectivity index (χ4v) is 7.39. The molecular weight excluding hydrogens is 556 g/mol. The molecule has 0 amide bonds. The Morgan fingerprint density at radius 1 is 0.370 bits per heavy atom. The van der Waals surface area contributed by atoms with Gasteiger partial charge in [0.2, 0.25) is 0 Å². The van der Waals surface area contributed by atoms with Crippen molar-refractivity contribution in [3.05, 3.63) is 18.2 Å². The van der Waals surface area contributed by atoms with Gasteiger partial charge >= 0.3 is 0 Å². The first-order chi connectivity index (χ1) is 22.8. The molecule has 0 unspecified atom stereocenters. The third-order valence-corrected chi connectivity index (χ3v) is 10.6. The number of unbranched alkanes of at least 4 members (excludes halogenated alkanes) is 32. The van der Waals surface area contributed by atoms with Crippen LogP contribution in [0.1, 0.15) is 251 Å². The van der Waals surface area contributed by atoms with Crippen molar-refractivity contribution in [2.45, 2.75) is 265 Å². The van der Waals surface area contributed by atoms with Gasteiger partial charge in [-0.1, -0.05) is 213 Å². The van der Waals surface area contributed by atoms with Gasteiger partial charge in [-0.2, -0.15) is 0 Å². The number of rotatable bonds is 38. The summed E-state index contributed by atoms with van der Waals surface area (Å²) in [7, 11) is 0. The monoisotopic (exact) mass is 644 g/mol. The first kappa shape index (κ1) is 43.2. The second-order valence-electron chi connectivity index (χ2n) is 15.2. The van der Waals surface area contributed by atoms with Crippen LogP contribution in [0, 0.1) is 0 Å². The summed E-state index contributed by atoms with van der Waals surface area (Å²) < 4.78 is 5.28. The van der Waals surface area contributed by atoms with Crippen molar-refractivity contribution in [3.63, 3.8) is 0 Å². The van der Waals surface area contributed by atoms with Crippen LogP contribution in [-0.4, -0.2) is 4.57 Å². The highest BCUT2D eigenvalue weighted by Crippen LogP contribution is 2.16. The van der Waals surface area contributed by atoms with E-state index in [9.17, 15) is 0 Å². The second-order valence-corrected chi connectivity index (χ2v) is 15.2. The van der Waals surface area contributed by atoms with E-state index in [-0.39, 0.29) is 0 Å². The van der Waals surface area contributed by atoms with Crippen LogP contribution >= 0.6 is 0 Å². The molecule has 0 atom stereocenters. The van der Waals surface area contributed by atoms with Crippen molar-refractivity contribution in [1.82, 2.24) is 4.57 Å². The van der Waals surface area contributed by atoms with Crippen molar-refractivity contribution in [2.75, 3.05) is 0 Å². The van der Waals surface area contributed by atoms with Crippen molar-refractivity contribution in [1.29, 1.82) is 0 Å². The highest BCUT2D eigenvalue weighted by Gasteiger charge is 2.16. The number of aromatic nitrogens is 2. The molecule has 0 aliphatic carbocycles. The molecule has 2 nitrogen and oxygen atoms in total. The minimum atomic E-state index is 1.23. The standard InChI is InChI=1S/C44H87N2/c1-4-7-10-13-16-18-20-22-24-26-28-31-34-37-40-45-42-43-46(44(45)39-36-33-30-15-12-9-6-3)41-38-35-32-29-27-25-23-21-19-17-14-11-8-5-2/h42-43H,4-41H2,1-3H3/q+1. The quantitative estimate of drug-likeness (QED) is 0.0501. The first-order valence-corrected chi connectivity index (χ1v) is 21.9. The van der Waals surface area contributed by atoms with E-state index in [0.717, 1.165) is 0 Å². The van der Waals surface area contributed by atoms with E-state index < -0.39 is 0 Å². The largest absolute Gasteiger partial charge is 0.256 e. The summed E-state index contributed by atoms with van der Waals surface area (Å²) >= 11 is 0. The molecule has 0 saturated heterocycles. The number of aryl methyl sites for hydroxylation is 2. The van der Waals surface area contributed by atoms with Gasteiger partial charge in [0.1, 0.15) is 12.4 Å². The summed E-state index contributed by atoms with van der Waals surface area (Å²) in [5, 5.41) is 0. The Hall–Kier alpha value is -0.790. The minimum Gasteiger partial charge on any atom is -0.234 e. The van der Waals surface area contributed by atoms with Gasteiger partial charge in [-0.3, -0.25) is 0 Å². The van der Waals surface area contributed by atoms with E-state index >= 15 is 0 Å². The molecule has 0 radical (unpaired) electrons. The predicted molar refractivity (Wildman–Crippen MR) is 207 cm³/mol. The van der Waals surface area contributed by atoms with E-state index in [2.05, 4.69) is 42.3 Å². The van der Waals surface area contributed by atoms with Crippen LogP contribution < -0.4 is 4.57 Å². The fraction of sp³-hybridized carbons (Fsp3) is 0.932. The number of hydrogen-bond acceptors (Lipinski definition) is 0. The highest BCUT2D eigenvalue weighted by molar-refractivity contribution is 4.84. The molecule has 0 bridgehead atoms. The van der Waals surface area contributed by atoms with Gasteiger partial charge in [-0.15, -0.1) is 0 Å². The minimum absolute atomic E-state index is 1.23. The molecule has 0 aromatic carbocycles. The molecule has 0 fully saturated rings. The molecule has 0 aliphatic rings. The van der Waals surface area contributed by atoms with Gasteiger partial charge in [-0.25, -0.2) is 9.13 Å². The summed E-state index contributed by atoms with van der Waals surface area (Å²) in [5.74, 6) is 1.62. The highest BCUT2D eigenvalue weighted by atomic mass is 15.1. The lowest BCUT2D eigenvalue weighted by molar-refractivity contribution is -0.704. The third-order valence-electron chi connectivity index (χ3n) is 10.6. The molecule has 46 heavy (non-hydrogen) atoms. The van der Waals surface area contributed by atoms with Crippen LogP contribution in [0.3, 0.4) is 0 Å². The SMILES string of the molecule is CCCCCCCCCCCCCCCCn1cc[n+](CCCCCCCCCCCCCCCC)c1CCCCCCCCC. The van der Waals surface area contributed by atoms with Crippen LogP contribution in [0.2, 0.25) is 0 Å². The lowest BCUT2D eigenvalue weighted by atomic mass is 10.0. The van der Waals surface area contributed by atoms with Gasteiger partial charge in [0.05, 0.1) is 13.1 Å². The van der Waals surface area contributed by atoms with E-state index in [1.807, 2.05) is 0 Å². The molecular formula is C44H87N2+. The summed E-state index contributed by atoms with van der Waals surface area (Å²) in [5.41, 5.74) is 0. The van der Waals surface area contributed by atoms with E-state index in [1.54, 1.807) is 5.82 Å². The zero-order chi connectivity index (χ0) is 33.0. The Labute approximate surface area is 291 Å². The average molecular weight is 644 g/mol. The second kappa shape index (κ2) is 35.5. The number of hydrogen-bond donors (Lipinski definition) is 0. The third kappa shape index (κ3) is 27.2. The predicted octanol–water partition coefficient (Wildman–Crippen LogP) is 15.0. The molecule has 0 saturated carbocycles. The molecule has 0 N–H and O–H groups in total. The molecule has 272 valence electrons. The maximum absolute atomic E-state index is 2.64. The molecule has 0 aliphatic heterocycles. The first-order valence-electron chi connectivity index (χ1n) is 21.9. The number of imidazole rings is 1. The van der Waals surface area contributed by atoms with Crippen LogP contribution in [0.15, 0.2) is 12.4 Å². The lowest BCUT2D eigenvalue weighted by Crippen LogP contribution is -2.37. The molecule has 2 heteroatoms. The Balaban J connectivity index is 2.22. The van der Waals surface area contributed by atoms with Crippen LogP contribution in [0.4, 0.5) is 0 Å². The molecule has 1 aromatic heterocycles. The van der Waals surface area contributed by atoms with Crippen molar-refractivity contribution < 1.29 is 4.57 Å². The average Bonchev–Trinajstić information content (AvgIpc) is 3.45.